The first kappa shape index (κ1) is 19.4. The second-order valence-electron chi connectivity index (χ2n) is 6.17. The molecule has 0 spiro atoms. The SMILES string of the molecule is COc1cccc(CN2CCN(C(=S)Nc3ccc(Br)cc3Cl)CC2)c1. The van der Waals surface area contributed by atoms with Crippen LogP contribution in [0.2, 0.25) is 5.02 Å². The first-order valence-electron chi connectivity index (χ1n) is 8.41. The van der Waals surface area contributed by atoms with Gasteiger partial charge in [-0.1, -0.05) is 39.7 Å². The Morgan fingerprint density at radius 1 is 1.19 bits per heavy atom. The lowest BCUT2D eigenvalue weighted by molar-refractivity contribution is 0.177. The van der Waals surface area contributed by atoms with E-state index in [1.165, 1.54) is 5.56 Å². The maximum atomic E-state index is 6.26. The van der Waals surface area contributed by atoms with Gasteiger partial charge in [-0.25, -0.2) is 0 Å². The van der Waals surface area contributed by atoms with Gasteiger partial charge in [0.15, 0.2) is 5.11 Å². The molecule has 2 aromatic rings. The van der Waals surface area contributed by atoms with Crippen molar-refractivity contribution in [1.82, 2.24) is 9.80 Å². The van der Waals surface area contributed by atoms with Crippen LogP contribution >= 0.6 is 39.7 Å². The summed E-state index contributed by atoms with van der Waals surface area (Å²) in [5.41, 5.74) is 2.10. The van der Waals surface area contributed by atoms with Gasteiger partial charge in [0.05, 0.1) is 17.8 Å². The molecule has 0 saturated carbocycles. The molecular weight excluding hydrogens is 434 g/mol. The number of benzene rings is 2. The van der Waals surface area contributed by atoms with Crippen LogP contribution in [-0.4, -0.2) is 48.2 Å². The second-order valence-corrected chi connectivity index (χ2v) is 7.88. The second kappa shape index (κ2) is 9.04. The van der Waals surface area contributed by atoms with E-state index in [0.29, 0.717) is 5.02 Å². The van der Waals surface area contributed by atoms with Gasteiger partial charge in [0, 0.05) is 37.2 Å². The van der Waals surface area contributed by atoms with Crippen LogP contribution in [0.4, 0.5) is 5.69 Å². The molecule has 0 aliphatic carbocycles. The predicted octanol–water partition coefficient (Wildman–Crippen LogP) is 4.63. The van der Waals surface area contributed by atoms with Gasteiger partial charge in [0.1, 0.15) is 5.75 Å². The van der Waals surface area contributed by atoms with Crippen LogP contribution in [0.15, 0.2) is 46.9 Å². The van der Waals surface area contributed by atoms with Crippen LogP contribution < -0.4 is 10.1 Å². The number of piperazine rings is 1. The molecule has 7 heteroatoms. The number of thiocarbonyl (C=S) groups is 1. The van der Waals surface area contributed by atoms with Crippen molar-refractivity contribution in [1.29, 1.82) is 0 Å². The number of anilines is 1. The minimum atomic E-state index is 0.651. The summed E-state index contributed by atoms with van der Waals surface area (Å²) >= 11 is 15.2. The molecule has 0 bridgehead atoms. The molecule has 26 heavy (non-hydrogen) atoms. The number of ether oxygens (including phenoxy) is 1. The summed E-state index contributed by atoms with van der Waals surface area (Å²) in [6, 6.07) is 14.0. The highest BCUT2D eigenvalue weighted by Crippen LogP contribution is 2.26. The van der Waals surface area contributed by atoms with E-state index >= 15 is 0 Å². The zero-order valence-corrected chi connectivity index (χ0v) is 17.7. The molecule has 0 aromatic heterocycles. The van der Waals surface area contributed by atoms with Crippen molar-refractivity contribution >= 4 is 50.5 Å². The molecule has 0 atom stereocenters. The van der Waals surface area contributed by atoms with E-state index in [-0.39, 0.29) is 0 Å². The third-order valence-electron chi connectivity index (χ3n) is 4.37. The fraction of sp³-hybridized carbons (Fsp3) is 0.316. The summed E-state index contributed by atoms with van der Waals surface area (Å²) in [6.45, 7) is 4.64. The number of hydrogen-bond donors (Lipinski definition) is 1. The van der Waals surface area contributed by atoms with E-state index in [1.807, 2.05) is 30.3 Å². The lowest BCUT2D eigenvalue weighted by Gasteiger charge is -2.36. The van der Waals surface area contributed by atoms with Crippen molar-refractivity contribution in [3.63, 3.8) is 0 Å². The van der Waals surface area contributed by atoms with Crippen molar-refractivity contribution in [2.24, 2.45) is 0 Å². The molecule has 0 unspecified atom stereocenters. The van der Waals surface area contributed by atoms with Crippen LogP contribution in [0.5, 0.6) is 5.75 Å². The van der Waals surface area contributed by atoms with Crippen LogP contribution in [0.25, 0.3) is 0 Å². The van der Waals surface area contributed by atoms with Crippen molar-refractivity contribution < 1.29 is 4.74 Å². The fourth-order valence-electron chi connectivity index (χ4n) is 2.92. The number of halogens is 2. The maximum absolute atomic E-state index is 6.26. The molecule has 1 fully saturated rings. The molecule has 1 N–H and O–H groups in total. The first-order valence-corrected chi connectivity index (χ1v) is 9.99. The van der Waals surface area contributed by atoms with Crippen LogP contribution in [0.1, 0.15) is 5.56 Å². The molecular formula is C19H21BrClN3OS. The molecule has 2 aromatic carbocycles. The molecule has 1 heterocycles. The van der Waals surface area contributed by atoms with Crippen LogP contribution in [-0.2, 0) is 6.54 Å². The van der Waals surface area contributed by atoms with Crippen molar-refractivity contribution in [2.45, 2.75) is 6.54 Å². The molecule has 1 aliphatic heterocycles. The highest BCUT2D eigenvalue weighted by atomic mass is 79.9. The summed E-state index contributed by atoms with van der Waals surface area (Å²) < 4.78 is 6.25. The molecule has 4 nitrogen and oxygen atoms in total. The van der Waals surface area contributed by atoms with Gasteiger partial charge in [-0.2, -0.15) is 0 Å². The van der Waals surface area contributed by atoms with Gasteiger partial charge in [-0.05, 0) is 48.1 Å². The van der Waals surface area contributed by atoms with E-state index in [4.69, 9.17) is 28.6 Å². The standard InChI is InChI=1S/C19H21BrClN3OS/c1-25-16-4-2-3-14(11-16)13-23-7-9-24(10-8-23)19(26)22-18-6-5-15(20)12-17(18)21/h2-6,11-12H,7-10,13H2,1H3,(H,22,26). The third kappa shape index (κ3) is 5.10. The Labute approximate surface area is 173 Å². The highest BCUT2D eigenvalue weighted by molar-refractivity contribution is 9.10. The van der Waals surface area contributed by atoms with E-state index in [0.717, 1.165) is 53.7 Å². The monoisotopic (exact) mass is 453 g/mol. The van der Waals surface area contributed by atoms with Crippen LogP contribution in [0, 0.1) is 0 Å². The minimum Gasteiger partial charge on any atom is -0.497 e. The largest absolute Gasteiger partial charge is 0.497 e. The fourth-order valence-corrected chi connectivity index (χ4v) is 3.94. The predicted molar refractivity (Wildman–Crippen MR) is 115 cm³/mol. The van der Waals surface area contributed by atoms with Gasteiger partial charge in [-0.15, -0.1) is 0 Å². The summed E-state index contributed by atoms with van der Waals surface area (Å²) in [7, 11) is 1.70. The average Bonchev–Trinajstić information content (AvgIpc) is 2.64. The van der Waals surface area contributed by atoms with Crippen molar-refractivity contribution in [3.8, 4) is 5.75 Å². The average molecular weight is 455 g/mol. The lowest BCUT2D eigenvalue weighted by atomic mass is 10.2. The van der Waals surface area contributed by atoms with E-state index < -0.39 is 0 Å². The Kier molecular flexibility index (Phi) is 6.75. The molecule has 138 valence electrons. The van der Waals surface area contributed by atoms with Crippen molar-refractivity contribution in [2.75, 3.05) is 38.6 Å². The van der Waals surface area contributed by atoms with Gasteiger partial charge >= 0.3 is 0 Å². The summed E-state index contributed by atoms with van der Waals surface area (Å²) in [4.78, 5) is 4.62. The van der Waals surface area contributed by atoms with Crippen LogP contribution in [0.3, 0.4) is 0 Å². The molecule has 1 aliphatic rings. The Morgan fingerprint density at radius 2 is 1.96 bits per heavy atom. The Hall–Kier alpha value is -1.34. The first-order chi connectivity index (χ1) is 12.5. The zero-order valence-electron chi connectivity index (χ0n) is 14.5. The quantitative estimate of drug-likeness (QED) is 0.680. The molecule has 1 saturated heterocycles. The molecule has 0 amide bonds. The van der Waals surface area contributed by atoms with Gasteiger partial charge in [0.25, 0.3) is 0 Å². The maximum Gasteiger partial charge on any atom is 0.173 e. The minimum absolute atomic E-state index is 0.651. The summed E-state index contributed by atoms with van der Waals surface area (Å²) in [5.74, 6) is 0.901. The normalized spacial score (nSPS) is 15.0. The highest BCUT2D eigenvalue weighted by Gasteiger charge is 2.19. The van der Waals surface area contributed by atoms with E-state index in [9.17, 15) is 0 Å². The topological polar surface area (TPSA) is 27.7 Å². The van der Waals surface area contributed by atoms with Gasteiger partial charge < -0.3 is 15.0 Å². The molecule has 3 rings (SSSR count). The number of hydrogen-bond acceptors (Lipinski definition) is 3. The Morgan fingerprint density at radius 3 is 2.65 bits per heavy atom. The Bertz CT molecular complexity index is 781. The van der Waals surface area contributed by atoms with Crippen molar-refractivity contribution in [3.05, 3.63) is 57.5 Å². The smallest absolute Gasteiger partial charge is 0.173 e. The summed E-state index contributed by atoms with van der Waals surface area (Å²) in [5, 5.41) is 4.63. The number of nitrogens with zero attached hydrogens (tertiary/aromatic N) is 2. The summed E-state index contributed by atoms with van der Waals surface area (Å²) in [6.07, 6.45) is 0. The Balaban J connectivity index is 1.52. The van der Waals surface area contributed by atoms with E-state index in [1.54, 1.807) is 7.11 Å². The van der Waals surface area contributed by atoms with Gasteiger partial charge in [0.2, 0.25) is 0 Å². The van der Waals surface area contributed by atoms with E-state index in [2.05, 4.69) is 43.2 Å². The van der Waals surface area contributed by atoms with Gasteiger partial charge in [-0.3, -0.25) is 4.90 Å². The number of methoxy groups -OCH3 is 1. The number of rotatable bonds is 4. The lowest BCUT2D eigenvalue weighted by Crippen LogP contribution is -2.49. The molecule has 0 radical (unpaired) electrons. The number of nitrogens with one attached hydrogen (secondary N) is 1. The zero-order chi connectivity index (χ0) is 18.5. The third-order valence-corrected chi connectivity index (χ3v) is 5.54.